The van der Waals surface area contributed by atoms with Crippen molar-refractivity contribution in [1.82, 2.24) is 29.4 Å². The van der Waals surface area contributed by atoms with Gasteiger partial charge in [0, 0.05) is 64.5 Å². The normalized spacial score (nSPS) is 19.2. The van der Waals surface area contributed by atoms with Crippen LogP contribution in [-0.4, -0.2) is 81.1 Å². The van der Waals surface area contributed by atoms with E-state index in [-0.39, 0.29) is 5.91 Å². The molecule has 1 N–H and O–H groups in total. The van der Waals surface area contributed by atoms with Crippen molar-refractivity contribution in [3.05, 3.63) is 30.7 Å². The molecule has 0 bridgehead atoms. The third-order valence-electron chi connectivity index (χ3n) is 7.98. The second-order valence-corrected chi connectivity index (χ2v) is 10.4. The predicted octanol–water partition coefficient (Wildman–Crippen LogP) is 3.48. The van der Waals surface area contributed by atoms with Crippen LogP contribution in [0.15, 0.2) is 30.7 Å². The lowest BCUT2D eigenvalue weighted by atomic mass is 9.95. The molecular formula is C27H37N9O. The number of carbonyl (C=O) groups excluding carboxylic acids is 1. The zero-order valence-electron chi connectivity index (χ0n) is 21.6. The number of imidazole rings is 1. The van der Waals surface area contributed by atoms with Crippen LogP contribution in [0.2, 0.25) is 0 Å². The monoisotopic (exact) mass is 503 g/mol. The summed E-state index contributed by atoms with van der Waals surface area (Å²) in [5, 5.41) is 3.54. The number of amides is 1. The van der Waals surface area contributed by atoms with Crippen LogP contribution < -0.4 is 15.1 Å². The van der Waals surface area contributed by atoms with E-state index < -0.39 is 0 Å². The Balaban J connectivity index is 1.21. The summed E-state index contributed by atoms with van der Waals surface area (Å²) in [6.07, 6.45) is 12.6. The predicted molar refractivity (Wildman–Crippen MR) is 145 cm³/mol. The van der Waals surface area contributed by atoms with Gasteiger partial charge < -0.3 is 24.6 Å². The topological polar surface area (TPSA) is 95.3 Å². The van der Waals surface area contributed by atoms with E-state index in [9.17, 15) is 4.79 Å². The Bertz CT molecular complexity index is 1200. The molecular weight excluding hydrogens is 466 g/mol. The van der Waals surface area contributed by atoms with E-state index in [1.54, 1.807) is 0 Å². The molecule has 1 amide bonds. The number of aromatic nitrogens is 5. The molecule has 3 fully saturated rings. The Kier molecular flexibility index (Phi) is 7.05. The number of fused-ring (bicyclic) bond motifs is 1. The Labute approximate surface area is 218 Å². The molecule has 0 spiro atoms. The highest BCUT2D eigenvalue weighted by Gasteiger charge is 2.25. The molecule has 2 aliphatic heterocycles. The molecule has 0 unspecified atom stereocenters. The van der Waals surface area contributed by atoms with Crippen LogP contribution in [-0.2, 0) is 4.79 Å². The Morgan fingerprint density at radius 1 is 0.919 bits per heavy atom. The SMILES string of the molecule is O=C1CCCN1CCCNc1nc(N2CCN(c3ccccn3)CC2)nc2c1ncn2C1CCCCC1. The number of anilines is 3. The van der Waals surface area contributed by atoms with Crippen LogP contribution in [0.25, 0.3) is 11.2 Å². The minimum atomic E-state index is 0.280. The number of carbonyl (C=O) groups is 1. The number of hydrogen-bond acceptors (Lipinski definition) is 8. The van der Waals surface area contributed by atoms with Crippen molar-refractivity contribution in [2.24, 2.45) is 0 Å². The number of hydrogen-bond donors (Lipinski definition) is 1. The van der Waals surface area contributed by atoms with Crippen molar-refractivity contribution in [2.45, 2.75) is 57.4 Å². The average Bonchev–Trinajstić information content (AvgIpc) is 3.58. The van der Waals surface area contributed by atoms with Gasteiger partial charge in [-0.05, 0) is 37.8 Å². The molecule has 1 aliphatic carbocycles. The number of rotatable bonds is 8. The molecule has 1 saturated carbocycles. The zero-order valence-corrected chi connectivity index (χ0v) is 21.6. The van der Waals surface area contributed by atoms with Crippen molar-refractivity contribution < 1.29 is 4.79 Å². The van der Waals surface area contributed by atoms with Crippen molar-refractivity contribution in [2.75, 3.05) is 60.9 Å². The van der Waals surface area contributed by atoms with Gasteiger partial charge in [0.2, 0.25) is 11.9 Å². The maximum absolute atomic E-state index is 12.0. The molecule has 10 heteroatoms. The Hall–Kier alpha value is -3.43. The summed E-state index contributed by atoms with van der Waals surface area (Å²) in [4.78, 5) is 37.9. The summed E-state index contributed by atoms with van der Waals surface area (Å²) in [5.41, 5.74) is 1.78. The molecule has 3 aromatic heterocycles. The fraction of sp³-hybridized carbons (Fsp3) is 0.593. The molecule has 3 aliphatic rings. The molecule has 10 nitrogen and oxygen atoms in total. The fourth-order valence-electron chi connectivity index (χ4n) is 5.89. The number of likely N-dealkylation sites (tertiary alicyclic amines) is 1. The summed E-state index contributed by atoms with van der Waals surface area (Å²) >= 11 is 0. The third-order valence-corrected chi connectivity index (χ3v) is 7.98. The van der Waals surface area contributed by atoms with Crippen LogP contribution in [0.1, 0.15) is 57.4 Å². The summed E-state index contributed by atoms with van der Waals surface area (Å²) in [6.45, 7) is 5.88. The van der Waals surface area contributed by atoms with Gasteiger partial charge in [0.05, 0.1) is 6.33 Å². The van der Waals surface area contributed by atoms with Gasteiger partial charge in [0.15, 0.2) is 17.0 Å². The molecule has 0 aromatic carbocycles. The second-order valence-electron chi connectivity index (χ2n) is 10.4. The number of nitrogens with one attached hydrogen (secondary N) is 1. The molecule has 3 aromatic rings. The minimum absolute atomic E-state index is 0.280. The maximum atomic E-state index is 12.0. The highest BCUT2D eigenvalue weighted by molar-refractivity contribution is 5.84. The van der Waals surface area contributed by atoms with Gasteiger partial charge in [-0.15, -0.1) is 0 Å². The van der Waals surface area contributed by atoms with Gasteiger partial charge in [0.1, 0.15) is 5.82 Å². The van der Waals surface area contributed by atoms with Crippen LogP contribution in [0, 0.1) is 0 Å². The van der Waals surface area contributed by atoms with E-state index in [1.165, 1.54) is 32.1 Å². The fourth-order valence-corrected chi connectivity index (χ4v) is 5.89. The Morgan fingerprint density at radius 2 is 1.76 bits per heavy atom. The van der Waals surface area contributed by atoms with Crippen molar-refractivity contribution in [3.63, 3.8) is 0 Å². The zero-order chi connectivity index (χ0) is 25.0. The first kappa shape index (κ1) is 23.9. The van der Waals surface area contributed by atoms with Crippen LogP contribution in [0.5, 0.6) is 0 Å². The molecule has 2 saturated heterocycles. The highest BCUT2D eigenvalue weighted by atomic mass is 16.2. The lowest BCUT2D eigenvalue weighted by Gasteiger charge is -2.35. The molecule has 0 radical (unpaired) electrons. The maximum Gasteiger partial charge on any atom is 0.229 e. The van der Waals surface area contributed by atoms with E-state index in [0.717, 1.165) is 87.4 Å². The second kappa shape index (κ2) is 10.9. The summed E-state index contributed by atoms with van der Waals surface area (Å²) < 4.78 is 2.29. The van der Waals surface area contributed by atoms with Gasteiger partial charge in [-0.1, -0.05) is 25.3 Å². The van der Waals surface area contributed by atoms with Crippen molar-refractivity contribution in [3.8, 4) is 0 Å². The number of piperazine rings is 1. The molecule has 0 atom stereocenters. The third kappa shape index (κ3) is 5.19. The van der Waals surface area contributed by atoms with Gasteiger partial charge >= 0.3 is 0 Å². The van der Waals surface area contributed by atoms with E-state index in [0.29, 0.717) is 12.5 Å². The standard InChI is InChI=1S/C27H37N9O/c37-23-11-6-14-34(23)15-7-13-29-25-24-26(36(20-30-24)21-8-2-1-3-9-21)32-27(31-25)35-18-16-33(17-19-35)22-10-4-5-12-28-22/h4-5,10,12,20-21H,1-3,6-9,11,13-19H2,(H,29,31,32). The Morgan fingerprint density at radius 3 is 2.51 bits per heavy atom. The average molecular weight is 504 g/mol. The lowest BCUT2D eigenvalue weighted by molar-refractivity contribution is -0.127. The smallest absolute Gasteiger partial charge is 0.229 e. The number of nitrogens with zero attached hydrogens (tertiary/aromatic N) is 8. The summed E-state index contributed by atoms with van der Waals surface area (Å²) in [6, 6.07) is 6.51. The molecule has 6 rings (SSSR count). The summed E-state index contributed by atoms with van der Waals surface area (Å²) in [7, 11) is 0. The van der Waals surface area contributed by atoms with E-state index in [4.69, 9.17) is 15.0 Å². The first-order valence-electron chi connectivity index (χ1n) is 13.9. The number of pyridine rings is 1. The van der Waals surface area contributed by atoms with Gasteiger partial charge in [-0.2, -0.15) is 9.97 Å². The van der Waals surface area contributed by atoms with Gasteiger partial charge in [-0.3, -0.25) is 4.79 Å². The largest absolute Gasteiger partial charge is 0.368 e. The van der Waals surface area contributed by atoms with Crippen molar-refractivity contribution in [1.29, 1.82) is 0 Å². The quantitative estimate of drug-likeness (QED) is 0.467. The van der Waals surface area contributed by atoms with Crippen LogP contribution in [0.4, 0.5) is 17.6 Å². The van der Waals surface area contributed by atoms with Gasteiger partial charge in [-0.25, -0.2) is 9.97 Å². The minimum Gasteiger partial charge on any atom is -0.368 e. The summed E-state index contributed by atoms with van der Waals surface area (Å²) in [5.74, 6) is 2.87. The molecule has 5 heterocycles. The lowest BCUT2D eigenvalue weighted by Crippen LogP contribution is -2.47. The van der Waals surface area contributed by atoms with E-state index >= 15 is 0 Å². The highest BCUT2D eigenvalue weighted by Crippen LogP contribution is 2.32. The van der Waals surface area contributed by atoms with Gasteiger partial charge in [0.25, 0.3) is 0 Å². The first-order valence-corrected chi connectivity index (χ1v) is 13.9. The van der Waals surface area contributed by atoms with Crippen molar-refractivity contribution >= 4 is 34.7 Å². The first-order chi connectivity index (χ1) is 18.3. The van der Waals surface area contributed by atoms with Crippen LogP contribution in [0.3, 0.4) is 0 Å². The molecule has 37 heavy (non-hydrogen) atoms. The van der Waals surface area contributed by atoms with Crippen LogP contribution >= 0.6 is 0 Å². The molecule has 196 valence electrons. The van der Waals surface area contributed by atoms with E-state index in [2.05, 4.69) is 30.7 Å². The van der Waals surface area contributed by atoms with E-state index in [1.807, 2.05) is 29.6 Å².